The van der Waals surface area contributed by atoms with Crippen LogP contribution in [0.5, 0.6) is 11.5 Å². The SMILES string of the molecule is COc1ccc(CCN(Cc2cnn(C)c2)S(=O)(=O)c2cn(C(F)F)nc2C)cc1OC. The van der Waals surface area contributed by atoms with Gasteiger partial charge in [0.25, 0.3) is 0 Å². The number of hydrogen-bond acceptors (Lipinski definition) is 6. The minimum absolute atomic E-state index is 0.00704. The Morgan fingerprint density at radius 2 is 1.84 bits per heavy atom. The zero-order valence-corrected chi connectivity index (χ0v) is 19.0. The van der Waals surface area contributed by atoms with Crippen LogP contribution in [0.2, 0.25) is 0 Å². The number of rotatable bonds is 10. The van der Waals surface area contributed by atoms with Gasteiger partial charge >= 0.3 is 6.55 Å². The molecule has 3 aromatic rings. The first-order chi connectivity index (χ1) is 15.1. The third kappa shape index (κ3) is 5.07. The number of methoxy groups -OCH3 is 2. The number of alkyl halides is 2. The van der Waals surface area contributed by atoms with E-state index >= 15 is 0 Å². The summed E-state index contributed by atoms with van der Waals surface area (Å²) in [4.78, 5) is -0.256. The standard InChI is InChI=1S/C20H25F2N5O4S/c1-14-19(13-27(24-14)20(21)22)32(28,29)26(12-16-10-23-25(2)11-16)8-7-15-5-6-17(30-3)18(9-15)31-4/h5-6,9-11,13,20H,7-8,12H2,1-4H3. The Bertz CT molecular complexity index is 1180. The first-order valence-electron chi connectivity index (χ1n) is 9.68. The quantitative estimate of drug-likeness (QED) is 0.454. The average Bonchev–Trinajstić information content (AvgIpc) is 3.36. The smallest absolute Gasteiger partial charge is 0.333 e. The Labute approximate surface area is 185 Å². The lowest BCUT2D eigenvalue weighted by molar-refractivity contribution is 0.0561. The van der Waals surface area contributed by atoms with E-state index in [1.807, 2.05) is 6.07 Å². The third-order valence-electron chi connectivity index (χ3n) is 4.90. The van der Waals surface area contributed by atoms with Crippen molar-refractivity contribution >= 4 is 10.0 Å². The zero-order chi connectivity index (χ0) is 23.5. The van der Waals surface area contributed by atoms with Crippen LogP contribution >= 0.6 is 0 Å². The molecule has 0 aliphatic heterocycles. The van der Waals surface area contributed by atoms with E-state index < -0.39 is 16.6 Å². The van der Waals surface area contributed by atoms with Crippen LogP contribution in [0.4, 0.5) is 8.78 Å². The minimum Gasteiger partial charge on any atom is -0.493 e. The second-order valence-corrected chi connectivity index (χ2v) is 9.04. The molecule has 1 aromatic carbocycles. The van der Waals surface area contributed by atoms with Crippen molar-refractivity contribution in [1.29, 1.82) is 0 Å². The molecule has 2 aromatic heterocycles. The summed E-state index contributed by atoms with van der Waals surface area (Å²) in [5.74, 6) is 1.09. The van der Waals surface area contributed by atoms with E-state index in [4.69, 9.17) is 9.47 Å². The van der Waals surface area contributed by atoms with Gasteiger partial charge in [-0.3, -0.25) is 4.68 Å². The molecule has 0 aliphatic carbocycles. The van der Waals surface area contributed by atoms with Crippen LogP contribution in [-0.4, -0.2) is 53.0 Å². The van der Waals surface area contributed by atoms with E-state index in [1.54, 1.807) is 36.3 Å². The van der Waals surface area contributed by atoms with Gasteiger partial charge in [0.1, 0.15) is 4.90 Å². The molecule has 0 amide bonds. The molecule has 2 heterocycles. The number of halogens is 2. The Kier molecular flexibility index (Phi) is 7.14. The number of benzene rings is 1. The summed E-state index contributed by atoms with van der Waals surface area (Å²) in [5.41, 5.74) is 1.50. The van der Waals surface area contributed by atoms with Crippen LogP contribution in [0.3, 0.4) is 0 Å². The minimum atomic E-state index is -4.11. The maximum absolute atomic E-state index is 13.4. The highest BCUT2D eigenvalue weighted by atomic mass is 32.2. The predicted octanol–water partition coefficient (Wildman–Crippen LogP) is 2.77. The van der Waals surface area contributed by atoms with Gasteiger partial charge in [0.15, 0.2) is 11.5 Å². The molecule has 0 aliphatic rings. The highest BCUT2D eigenvalue weighted by Gasteiger charge is 2.30. The second-order valence-electron chi connectivity index (χ2n) is 7.14. The van der Waals surface area contributed by atoms with Crippen molar-refractivity contribution < 1.29 is 26.7 Å². The van der Waals surface area contributed by atoms with Crippen LogP contribution in [0.15, 0.2) is 41.7 Å². The van der Waals surface area contributed by atoms with Gasteiger partial charge < -0.3 is 9.47 Å². The fourth-order valence-electron chi connectivity index (χ4n) is 3.29. The monoisotopic (exact) mass is 469 g/mol. The summed E-state index contributed by atoms with van der Waals surface area (Å²) in [6, 6.07) is 5.33. The normalized spacial score (nSPS) is 12.0. The predicted molar refractivity (Wildman–Crippen MR) is 112 cm³/mol. The first-order valence-corrected chi connectivity index (χ1v) is 11.1. The fourth-order valence-corrected chi connectivity index (χ4v) is 4.87. The van der Waals surface area contributed by atoms with E-state index in [0.717, 1.165) is 11.8 Å². The molecule has 0 radical (unpaired) electrons. The highest BCUT2D eigenvalue weighted by molar-refractivity contribution is 7.89. The van der Waals surface area contributed by atoms with Gasteiger partial charge in [0, 0.05) is 31.9 Å². The molecule has 0 atom stereocenters. The van der Waals surface area contributed by atoms with Crippen LogP contribution in [-0.2, 0) is 30.0 Å². The Balaban J connectivity index is 1.91. The van der Waals surface area contributed by atoms with Gasteiger partial charge in [0.2, 0.25) is 10.0 Å². The van der Waals surface area contributed by atoms with Gasteiger partial charge in [0.05, 0.1) is 32.3 Å². The van der Waals surface area contributed by atoms with Gasteiger partial charge in [-0.15, -0.1) is 0 Å². The summed E-state index contributed by atoms with van der Waals surface area (Å²) in [5, 5.41) is 7.72. The molecule has 0 saturated carbocycles. The van der Waals surface area contributed by atoms with Crippen molar-refractivity contribution in [3.05, 3.63) is 53.6 Å². The van der Waals surface area contributed by atoms with Gasteiger partial charge in [-0.2, -0.15) is 23.3 Å². The number of aromatic nitrogens is 4. The summed E-state index contributed by atoms with van der Waals surface area (Å²) in [6.07, 6.45) is 4.49. The van der Waals surface area contributed by atoms with E-state index in [9.17, 15) is 17.2 Å². The summed E-state index contributed by atoms with van der Waals surface area (Å²) >= 11 is 0. The highest BCUT2D eigenvalue weighted by Crippen LogP contribution is 2.28. The van der Waals surface area contributed by atoms with Crippen LogP contribution in [0, 0.1) is 6.92 Å². The second kappa shape index (κ2) is 9.65. The zero-order valence-electron chi connectivity index (χ0n) is 18.2. The molecule has 0 bridgehead atoms. The number of hydrogen-bond donors (Lipinski definition) is 0. The topological polar surface area (TPSA) is 91.5 Å². The fraction of sp³-hybridized carbons (Fsp3) is 0.400. The molecule has 0 unspecified atom stereocenters. The molecule has 0 spiro atoms. The summed E-state index contributed by atoms with van der Waals surface area (Å²) < 4.78 is 66.6. The van der Waals surface area contributed by atoms with E-state index in [1.165, 1.54) is 25.4 Å². The largest absolute Gasteiger partial charge is 0.493 e. The molecule has 9 nitrogen and oxygen atoms in total. The van der Waals surface area contributed by atoms with E-state index in [-0.39, 0.29) is 23.7 Å². The molecule has 0 N–H and O–H groups in total. The summed E-state index contributed by atoms with van der Waals surface area (Å²) in [6.45, 7) is -1.41. The van der Waals surface area contributed by atoms with E-state index in [2.05, 4.69) is 10.2 Å². The van der Waals surface area contributed by atoms with Crippen molar-refractivity contribution in [2.75, 3.05) is 20.8 Å². The van der Waals surface area contributed by atoms with Crippen LogP contribution in [0.1, 0.15) is 23.4 Å². The molecule has 0 saturated heterocycles. The van der Waals surface area contributed by atoms with Gasteiger partial charge in [-0.05, 0) is 31.0 Å². The first kappa shape index (κ1) is 23.7. The third-order valence-corrected chi connectivity index (χ3v) is 6.85. The van der Waals surface area contributed by atoms with Crippen molar-refractivity contribution in [3.8, 4) is 11.5 Å². The van der Waals surface area contributed by atoms with Gasteiger partial charge in [-0.25, -0.2) is 13.1 Å². The molecule has 3 rings (SSSR count). The number of ether oxygens (including phenoxy) is 2. The molecular weight excluding hydrogens is 444 g/mol. The number of nitrogens with zero attached hydrogens (tertiary/aromatic N) is 5. The molecule has 32 heavy (non-hydrogen) atoms. The molecule has 174 valence electrons. The van der Waals surface area contributed by atoms with Crippen molar-refractivity contribution in [2.45, 2.75) is 31.3 Å². The van der Waals surface area contributed by atoms with Crippen molar-refractivity contribution in [3.63, 3.8) is 0 Å². The maximum atomic E-state index is 13.4. The maximum Gasteiger partial charge on any atom is 0.333 e. The lowest BCUT2D eigenvalue weighted by Crippen LogP contribution is -2.32. The summed E-state index contributed by atoms with van der Waals surface area (Å²) in [7, 11) is 0.664. The Hall–Kier alpha value is -2.99. The lowest BCUT2D eigenvalue weighted by atomic mass is 10.1. The Morgan fingerprint density at radius 1 is 1.12 bits per heavy atom. The van der Waals surface area contributed by atoms with Gasteiger partial charge in [-0.1, -0.05) is 6.07 Å². The average molecular weight is 470 g/mol. The van der Waals surface area contributed by atoms with Crippen LogP contribution < -0.4 is 9.47 Å². The Morgan fingerprint density at radius 3 is 2.41 bits per heavy atom. The van der Waals surface area contributed by atoms with E-state index in [0.29, 0.717) is 28.2 Å². The number of aryl methyl sites for hydroxylation is 2. The molecule has 12 heteroatoms. The van der Waals surface area contributed by atoms with Crippen molar-refractivity contribution in [1.82, 2.24) is 23.9 Å². The van der Waals surface area contributed by atoms with Crippen molar-refractivity contribution in [2.24, 2.45) is 7.05 Å². The molecule has 0 fully saturated rings. The lowest BCUT2D eigenvalue weighted by Gasteiger charge is -2.21. The molecular formula is C20H25F2N5O4S. The van der Waals surface area contributed by atoms with Crippen LogP contribution in [0.25, 0.3) is 0 Å². The number of sulfonamides is 1.